The fourth-order valence-electron chi connectivity index (χ4n) is 2.23. The van der Waals surface area contributed by atoms with Crippen molar-refractivity contribution in [1.82, 2.24) is 4.98 Å². The maximum Gasteiger partial charge on any atom is 0.417 e. The number of hydrogen-bond donors (Lipinski definition) is 1. The van der Waals surface area contributed by atoms with Crippen LogP contribution < -0.4 is 5.73 Å². The molecule has 108 valence electrons. The number of hydrogen-bond acceptors (Lipinski definition) is 3. The first kappa shape index (κ1) is 13.9. The summed E-state index contributed by atoms with van der Waals surface area (Å²) < 4.78 is 39.9. The molecule has 3 rings (SSSR count). The Balaban J connectivity index is 2.41. The molecule has 2 aromatic heterocycles. The van der Waals surface area contributed by atoms with Crippen molar-refractivity contribution in [1.29, 1.82) is 0 Å². The molecule has 0 fully saturated rings. The molecule has 0 saturated heterocycles. The number of aromatic nitrogens is 1. The molecule has 1 aromatic carbocycles. The Hall–Kier alpha value is -2.08. The van der Waals surface area contributed by atoms with E-state index in [0.717, 1.165) is 6.07 Å². The third kappa shape index (κ3) is 2.35. The number of nitrogen functional groups attached to an aromatic ring is 1. The third-order valence-electron chi connectivity index (χ3n) is 3.36. The Bertz CT molecular complexity index is 808. The second kappa shape index (κ2) is 4.73. The highest BCUT2D eigenvalue weighted by Gasteiger charge is 2.34. The van der Waals surface area contributed by atoms with Gasteiger partial charge in [0.05, 0.1) is 21.7 Å². The lowest BCUT2D eigenvalue weighted by Crippen LogP contribution is -2.08. The van der Waals surface area contributed by atoms with Crippen molar-refractivity contribution in [3.63, 3.8) is 0 Å². The smallest absolute Gasteiger partial charge is 0.398 e. The molecule has 0 amide bonds. The van der Waals surface area contributed by atoms with Crippen LogP contribution in [0.1, 0.15) is 11.1 Å². The lowest BCUT2D eigenvalue weighted by molar-refractivity contribution is -0.136. The van der Waals surface area contributed by atoms with Crippen molar-refractivity contribution >= 4 is 27.9 Å². The molecule has 0 unspecified atom stereocenters. The van der Waals surface area contributed by atoms with Crippen molar-refractivity contribution in [2.75, 3.05) is 5.73 Å². The molecule has 0 saturated carbocycles. The normalized spacial score (nSPS) is 12.0. The quantitative estimate of drug-likeness (QED) is 0.651. The molecule has 0 atom stereocenters. The zero-order chi connectivity index (χ0) is 15.2. The van der Waals surface area contributed by atoms with E-state index in [1.165, 1.54) is 23.5 Å². The van der Waals surface area contributed by atoms with Crippen molar-refractivity contribution in [2.24, 2.45) is 0 Å². The lowest BCUT2D eigenvalue weighted by atomic mass is 10.0. The molecule has 0 aliphatic rings. The second-order valence-electron chi connectivity index (χ2n) is 4.71. The lowest BCUT2D eigenvalue weighted by Gasteiger charge is -2.14. The summed E-state index contributed by atoms with van der Waals surface area (Å²) in [5.74, 6) is 0. The number of fused-ring (bicyclic) bond motifs is 1. The van der Waals surface area contributed by atoms with Gasteiger partial charge in [-0.25, -0.2) is 4.98 Å². The molecule has 6 heteroatoms. The van der Waals surface area contributed by atoms with Gasteiger partial charge in [-0.15, -0.1) is 11.3 Å². The molecular weight excluding hydrogens is 297 g/mol. The predicted octanol–water partition coefficient (Wildman–Crippen LogP) is 4.87. The predicted molar refractivity (Wildman–Crippen MR) is 79.2 cm³/mol. The van der Waals surface area contributed by atoms with Crippen molar-refractivity contribution in [3.05, 3.63) is 46.8 Å². The minimum atomic E-state index is -4.43. The van der Waals surface area contributed by atoms with Crippen LogP contribution in [0.4, 0.5) is 18.9 Å². The minimum absolute atomic E-state index is 0.0782. The van der Waals surface area contributed by atoms with Gasteiger partial charge in [0, 0.05) is 11.1 Å². The van der Waals surface area contributed by atoms with Crippen LogP contribution in [0.2, 0.25) is 0 Å². The molecule has 21 heavy (non-hydrogen) atoms. The number of halogens is 3. The monoisotopic (exact) mass is 308 g/mol. The van der Waals surface area contributed by atoms with Crippen molar-refractivity contribution < 1.29 is 13.2 Å². The Morgan fingerprint density at radius 1 is 1.19 bits per heavy atom. The summed E-state index contributed by atoms with van der Waals surface area (Å²) in [6.07, 6.45) is -4.43. The maximum absolute atomic E-state index is 13.3. The first-order valence-electron chi connectivity index (χ1n) is 6.19. The van der Waals surface area contributed by atoms with E-state index >= 15 is 0 Å². The van der Waals surface area contributed by atoms with E-state index in [1.54, 1.807) is 24.4 Å². The van der Waals surface area contributed by atoms with E-state index in [9.17, 15) is 13.2 Å². The summed E-state index contributed by atoms with van der Waals surface area (Å²) in [6, 6.07) is 7.50. The third-order valence-corrected chi connectivity index (χ3v) is 4.25. The Morgan fingerprint density at radius 3 is 2.57 bits per heavy atom. The molecule has 0 spiro atoms. The molecule has 3 aromatic rings. The second-order valence-corrected chi connectivity index (χ2v) is 5.65. The average molecular weight is 308 g/mol. The van der Waals surface area contributed by atoms with E-state index in [2.05, 4.69) is 4.98 Å². The average Bonchev–Trinajstić information content (AvgIpc) is 2.95. The highest BCUT2D eigenvalue weighted by molar-refractivity contribution is 7.13. The van der Waals surface area contributed by atoms with E-state index in [4.69, 9.17) is 5.73 Å². The summed E-state index contributed by atoms with van der Waals surface area (Å²) in [7, 11) is 0. The van der Waals surface area contributed by atoms with Crippen LogP contribution in [0.5, 0.6) is 0 Å². The zero-order valence-corrected chi connectivity index (χ0v) is 11.8. The summed E-state index contributed by atoms with van der Waals surface area (Å²) in [5, 5.41) is 1.88. The highest BCUT2D eigenvalue weighted by Crippen LogP contribution is 2.39. The summed E-state index contributed by atoms with van der Waals surface area (Å²) >= 11 is 1.35. The van der Waals surface area contributed by atoms with Gasteiger partial charge in [-0.2, -0.15) is 13.2 Å². The number of benzene rings is 1. The molecule has 2 nitrogen and oxygen atoms in total. The van der Waals surface area contributed by atoms with Gasteiger partial charge in [-0.05, 0) is 36.1 Å². The van der Waals surface area contributed by atoms with Gasteiger partial charge < -0.3 is 5.73 Å². The Morgan fingerprint density at radius 2 is 1.95 bits per heavy atom. The van der Waals surface area contributed by atoms with Crippen LogP contribution in [0.15, 0.2) is 35.7 Å². The van der Waals surface area contributed by atoms with Crippen LogP contribution in [0, 0.1) is 6.92 Å². The fourth-order valence-corrected chi connectivity index (χ4v) is 2.92. The summed E-state index contributed by atoms with van der Waals surface area (Å²) in [5.41, 5.74) is 6.73. The van der Waals surface area contributed by atoms with Gasteiger partial charge in [0.25, 0.3) is 0 Å². The van der Waals surface area contributed by atoms with E-state index in [-0.39, 0.29) is 5.39 Å². The minimum Gasteiger partial charge on any atom is -0.398 e. The molecule has 2 heterocycles. The van der Waals surface area contributed by atoms with Gasteiger partial charge >= 0.3 is 6.18 Å². The van der Waals surface area contributed by atoms with E-state index < -0.39 is 11.7 Å². The van der Waals surface area contributed by atoms with Crippen molar-refractivity contribution in [2.45, 2.75) is 13.1 Å². The highest BCUT2D eigenvalue weighted by atomic mass is 32.1. The number of nitrogens with two attached hydrogens (primary N) is 1. The first-order valence-corrected chi connectivity index (χ1v) is 7.07. The van der Waals surface area contributed by atoms with Gasteiger partial charge in [0.1, 0.15) is 0 Å². The molecule has 0 radical (unpaired) electrons. The van der Waals surface area contributed by atoms with Crippen LogP contribution >= 0.6 is 11.3 Å². The maximum atomic E-state index is 13.3. The summed E-state index contributed by atoms with van der Waals surface area (Å²) in [4.78, 5) is 5.08. The molecular formula is C15H11F3N2S. The largest absolute Gasteiger partial charge is 0.417 e. The van der Waals surface area contributed by atoms with Crippen LogP contribution in [0.25, 0.3) is 21.5 Å². The molecule has 0 aliphatic heterocycles. The number of anilines is 1. The SMILES string of the molecule is Cc1c(N)ccc2c(C(F)(F)F)cc(-c3cccs3)nc12. The van der Waals surface area contributed by atoms with Crippen molar-refractivity contribution in [3.8, 4) is 10.6 Å². The van der Waals surface area contributed by atoms with Crippen LogP contribution in [0.3, 0.4) is 0 Å². The van der Waals surface area contributed by atoms with Gasteiger partial charge in [0.15, 0.2) is 0 Å². The fraction of sp³-hybridized carbons (Fsp3) is 0.133. The number of thiophene rings is 1. The Labute approximate surface area is 123 Å². The Kier molecular flexibility index (Phi) is 3.13. The van der Waals surface area contributed by atoms with Gasteiger partial charge in [-0.1, -0.05) is 12.1 Å². The van der Waals surface area contributed by atoms with Crippen LogP contribution in [-0.4, -0.2) is 4.98 Å². The topological polar surface area (TPSA) is 38.9 Å². The van der Waals surface area contributed by atoms with Gasteiger partial charge in [0.2, 0.25) is 0 Å². The standard InChI is InChI=1S/C15H11F3N2S/c1-8-11(19)5-4-9-10(15(16,17)18)7-12(20-14(8)9)13-3-2-6-21-13/h2-7H,19H2,1H3. The first-order chi connectivity index (χ1) is 9.88. The van der Waals surface area contributed by atoms with E-state index in [1.807, 2.05) is 0 Å². The molecule has 0 aliphatic carbocycles. The van der Waals surface area contributed by atoms with Gasteiger partial charge in [-0.3, -0.25) is 0 Å². The number of alkyl halides is 3. The molecule has 2 N–H and O–H groups in total. The number of rotatable bonds is 1. The molecule has 0 bridgehead atoms. The zero-order valence-electron chi connectivity index (χ0n) is 11.0. The number of aryl methyl sites for hydroxylation is 1. The van der Waals surface area contributed by atoms with E-state index in [0.29, 0.717) is 27.3 Å². The number of nitrogens with zero attached hydrogens (tertiary/aromatic N) is 1. The summed E-state index contributed by atoms with van der Waals surface area (Å²) in [6.45, 7) is 1.68. The van der Waals surface area contributed by atoms with Crippen LogP contribution in [-0.2, 0) is 6.18 Å². The number of pyridine rings is 1.